The van der Waals surface area contributed by atoms with Crippen LogP contribution in [0.2, 0.25) is 0 Å². The van der Waals surface area contributed by atoms with Gasteiger partial charge in [0, 0.05) is 29.0 Å². The fraction of sp³-hybridized carbons (Fsp3) is 0.154. The predicted molar refractivity (Wildman–Crippen MR) is 72.1 cm³/mol. The zero-order chi connectivity index (χ0) is 12.3. The van der Waals surface area contributed by atoms with Gasteiger partial charge in [-0.3, -0.25) is 4.98 Å². The molecule has 0 spiro atoms. The highest BCUT2D eigenvalue weighted by Gasteiger charge is 2.06. The van der Waals surface area contributed by atoms with E-state index in [-0.39, 0.29) is 0 Å². The van der Waals surface area contributed by atoms with Crippen molar-refractivity contribution < 1.29 is 4.74 Å². The van der Waals surface area contributed by atoms with E-state index in [9.17, 15) is 0 Å². The van der Waals surface area contributed by atoms with Crippen molar-refractivity contribution in [1.82, 2.24) is 4.98 Å². The highest BCUT2D eigenvalue weighted by molar-refractivity contribution is 9.10. The number of anilines is 1. The molecule has 0 aliphatic heterocycles. The zero-order valence-electron chi connectivity index (χ0n) is 9.48. The number of halogens is 1. The lowest BCUT2D eigenvalue weighted by molar-refractivity contribution is 0.414. The number of pyridine rings is 1. The van der Waals surface area contributed by atoms with E-state index < -0.39 is 0 Å². The Kier molecular flexibility index (Phi) is 3.64. The molecule has 0 saturated heterocycles. The Morgan fingerprint density at radius 2 is 2.12 bits per heavy atom. The van der Waals surface area contributed by atoms with Crippen LogP contribution in [-0.4, -0.2) is 12.1 Å². The van der Waals surface area contributed by atoms with Gasteiger partial charge < -0.3 is 10.5 Å². The van der Waals surface area contributed by atoms with Crippen LogP contribution in [0.4, 0.5) is 5.69 Å². The quantitative estimate of drug-likeness (QED) is 0.946. The van der Waals surface area contributed by atoms with Crippen LogP contribution < -0.4 is 10.5 Å². The van der Waals surface area contributed by atoms with Gasteiger partial charge >= 0.3 is 0 Å². The summed E-state index contributed by atoms with van der Waals surface area (Å²) >= 11 is 3.52. The van der Waals surface area contributed by atoms with Crippen molar-refractivity contribution in [3.8, 4) is 5.75 Å². The number of benzene rings is 1. The molecule has 0 atom stereocenters. The molecular weight excluding hydrogens is 280 g/mol. The monoisotopic (exact) mass is 292 g/mol. The third kappa shape index (κ3) is 2.77. The van der Waals surface area contributed by atoms with E-state index in [2.05, 4.69) is 20.9 Å². The second-order valence-corrected chi connectivity index (χ2v) is 4.56. The molecule has 2 rings (SSSR count). The number of nitrogens with two attached hydrogens (primary N) is 1. The van der Waals surface area contributed by atoms with Gasteiger partial charge in [-0.2, -0.15) is 0 Å². The molecule has 17 heavy (non-hydrogen) atoms. The van der Waals surface area contributed by atoms with Gasteiger partial charge in [0.2, 0.25) is 0 Å². The van der Waals surface area contributed by atoms with Crippen LogP contribution in [0.1, 0.15) is 11.1 Å². The molecule has 1 heterocycles. The molecule has 0 amide bonds. The minimum absolute atomic E-state index is 0.734. The molecule has 0 fully saturated rings. The molecular formula is C13H13BrN2O. The number of hydrogen-bond acceptors (Lipinski definition) is 3. The Morgan fingerprint density at radius 1 is 1.29 bits per heavy atom. The molecule has 2 N–H and O–H groups in total. The third-order valence-electron chi connectivity index (χ3n) is 2.58. The van der Waals surface area contributed by atoms with Crippen molar-refractivity contribution >= 4 is 21.6 Å². The third-order valence-corrected chi connectivity index (χ3v) is 3.35. The molecule has 0 aliphatic rings. The number of hydrogen-bond donors (Lipinski definition) is 1. The summed E-state index contributed by atoms with van der Waals surface area (Å²) in [7, 11) is 1.66. The SMILES string of the molecule is COc1ccc(Br)c(Cc2cnccc2N)c1. The van der Waals surface area contributed by atoms with Crippen LogP contribution in [0.25, 0.3) is 0 Å². The minimum atomic E-state index is 0.734. The first kappa shape index (κ1) is 11.9. The van der Waals surface area contributed by atoms with Crippen molar-refractivity contribution in [2.24, 2.45) is 0 Å². The van der Waals surface area contributed by atoms with Gasteiger partial charge in [-0.1, -0.05) is 15.9 Å². The van der Waals surface area contributed by atoms with Gasteiger partial charge in [0.05, 0.1) is 7.11 Å². The summed E-state index contributed by atoms with van der Waals surface area (Å²) in [6.07, 6.45) is 4.22. The van der Waals surface area contributed by atoms with Crippen molar-refractivity contribution in [2.45, 2.75) is 6.42 Å². The first-order valence-electron chi connectivity index (χ1n) is 5.21. The lowest BCUT2D eigenvalue weighted by Crippen LogP contribution is -1.97. The molecule has 0 bridgehead atoms. The van der Waals surface area contributed by atoms with Crippen molar-refractivity contribution in [3.05, 3.63) is 52.3 Å². The van der Waals surface area contributed by atoms with Gasteiger partial charge in [-0.15, -0.1) is 0 Å². The molecule has 88 valence electrons. The smallest absolute Gasteiger partial charge is 0.119 e. The summed E-state index contributed by atoms with van der Waals surface area (Å²) in [5.41, 5.74) is 8.81. The normalized spacial score (nSPS) is 10.2. The first-order chi connectivity index (χ1) is 8.20. The van der Waals surface area contributed by atoms with Gasteiger partial charge in [-0.25, -0.2) is 0 Å². The lowest BCUT2D eigenvalue weighted by Gasteiger charge is -2.08. The van der Waals surface area contributed by atoms with Gasteiger partial charge in [0.15, 0.2) is 0 Å². The molecule has 3 nitrogen and oxygen atoms in total. The van der Waals surface area contributed by atoms with Crippen molar-refractivity contribution in [1.29, 1.82) is 0 Å². The lowest BCUT2D eigenvalue weighted by atomic mass is 10.1. The summed E-state index contributed by atoms with van der Waals surface area (Å²) in [5.74, 6) is 0.839. The number of ether oxygens (including phenoxy) is 1. The molecule has 1 aromatic carbocycles. The van der Waals surface area contributed by atoms with E-state index >= 15 is 0 Å². The largest absolute Gasteiger partial charge is 0.497 e. The van der Waals surface area contributed by atoms with Crippen molar-refractivity contribution in [3.63, 3.8) is 0 Å². The van der Waals surface area contributed by atoms with Crippen molar-refractivity contribution in [2.75, 3.05) is 12.8 Å². The Balaban J connectivity index is 2.32. The molecule has 4 heteroatoms. The number of nitrogen functional groups attached to an aromatic ring is 1. The van der Waals surface area contributed by atoms with Crippen LogP contribution in [0, 0.1) is 0 Å². The summed E-state index contributed by atoms with van der Waals surface area (Å²) in [6.45, 7) is 0. The highest BCUT2D eigenvalue weighted by atomic mass is 79.9. The summed E-state index contributed by atoms with van der Waals surface area (Å²) in [5, 5.41) is 0. The molecule has 0 radical (unpaired) electrons. The Hall–Kier alpha value is -1.55. The Labute approximate surface area is 109 Å². The van der Waals surface area contributed by atoms with E-state index in [4.69, 9.17) is 10.5 Å². The number of methoxy groups -OCH3 is 1. The zero-order valence-corrected chi connectivity index (χ0v) is 11.1. The van der Waals surface area contributed by atoms with Crippen LogP contribution in [-0.2, 0) is 6.42 Å². The maximum atomic E-state index is 5.90. The maximum absolute atomic E-state index is 5.90. The first-order valence-corrected chi connectivity index (χ1v) is 6.01. The van der Waals surface area contributed by atoms with Gasteiger partial charge in [0.25, 0.3) is 0 Å². The standard InChI is InChI=1S/C13H13BrN2O/c1-17-11-2-3-12(14)9(7-11)6-10-8-16-5-4-13(10)15/h2-5,7-8H,6H2,1H3,(H2,15,16). The minimum Gasteiger partial charge on any atom is -0.497 e. The second-order valence-electron chi connectivity index (χ2n) is 3.71. The Morgan fingerprint density at radius 3 is 2.82 bits per heavy atom. The average Bonchev–Trinajstić information content (AvgIpc) is 2.35. The van der Waals surface area contributed by atoms with E-state index in [1.54, 1.807) is 19.5 Å². The molecule has 2 aromatic rings. The van der Waals surface area contributed by atoms with Gasteiger partial charge in [-0.05, 0) is 35.4 Å². The highest BCUT2D eigenvalue weighted by Crippen LogP contribution is 2.26. The van der Waals surface area contributed by atoms with Crippen LogP contribution in [0.15, 0.2) is 41.1 Å². The maximum Gasteiger partial charge on any atom is 0.119 e. The van der Waals surface area contributed by atoms with Crippen LogP contribution >= 0.6 is 15.9 Å². The molecule has 0 unspecified atom stereocenters. The van der Waals surface area contributed by atoms with Gasteiger partial charge in [0.1, 0.15) is 5.75 Å². The topological polar surface area (TPSA) is 48.1 Å². The summed E-state index contributed by atoms with van der Waals surface area (Å²) < 4.78 is 6.25. The predicted octanol–water partition coefficient (Wildman–Crippen LogP) is 3.03. The number of nitrogens with zero attached hydrogens (tertiary/aromatic N) is 1. The van der Waals surface area contributed by atoms with E-state index in [1.807, 2.05) is 24.3 Å². The number of rotatable bonds is 3. The van der Waals surface area contributed by atoms with Crippen LogP contribution in [0.3, 0.4) is 0 Å². The average molecular weight is 293 g/mol. The molecule has 0 saturated carbocycles. The fourth-order valence-electron chi connectivity index (χ4n) is 1.60. The second kappa shape index (κ2) is 5.19. The van der Waals surface area contributed by atoms with Crippen LogP contribution in [0.5, 0.6) is 5.75 Å². The molecule has 1 aromatic heterocycles. The molecule has 0 aliphatic carbocycles. The summed E-state index contributed by atoms with van der Waals surface area (Å²) in [6, 6.07) is 7.70. The fourth-order valence-corrected chi connectivity index (χ4v) is 1.99. The van der Waals surface area contributed by atoms with E-state index in [0.29, 0.717) is 0 Å². The summed E-state index contributed by atoms with van der Waals surface area (Å²) in [4.78, 5) is 4.09. The van der Waals surface area contributed by atoms with E-state index in [1.165, 1.54) is 0 Å². The van der Waals surface area contributed by atoms with E-state index in [0.717, 1.165) is 33.5 Å². The Bertz CT molecular complexity index is 529. The number of aromatic nitrogens is 1.